The lowest BCUT2D eigenvalue weighted by Crippen LogP contribution is -2.08. The number of rotatable bonds is 5. The number of aromatic nitrogens is 4. The van der Waals surface area contributed by atoms with Gasteiger partial charge in [-0.3, -0.25) is 0 Å². The van der Waals surface area contributed by atoms with Crippen molar-refractivity contribution < 1.29 is 13.2 Å². The third kappa shape index (κ3) is 6.91. The summed E-state index contributed by atoms with van der Waals surface area (Å²) < 4.78 is 45.1. The van der Waals surface area contributed by atoms with Gasteiger partial charge < -0.3 is 4.57 Å². The van der Waals surface area contributed by atoms with Crippen molar-refractivity contribution in [2.24, 2.45) is 0 Å². The van der Waals surface area contributed by atoms with E-state index < -0.39 is 11.7 Å². The molecule has 2 heterocycles. The highest BCUT2D eigenvalue weighted by atomic mass is 19.4. The highest BCUT2D eigenvalue weighted by Gasteiger charge is 2.31. The van der Waals surface area contributed by atoms with Gasteiger partial charge in [0, 0.05) is 33.0 Å². The van der Waals surface area contributed by atoms with Crippen LogP contribution in [-0.2, 0) is 6.18 Å². The molecule has 2 aliphatic carbocycles. The van der Waals surface area contributed by atoms with Gasteiger partial charge in [-0.1, -0.05) is 158 Å². The molecule has 4 nitrogen and oxygen atoms in total. The normalized spacial score (nSPS) is 15.7. The van der Waals surface area contributed by atoms with Gasteiger partial charge in [0.25, 0.3) is 0 Å². The standard InChI is InChI=1S/C52H35F3N4/c53-52(54,55)42-23-13-22-40(30-42)43-27-26-41(51-57-49(36-18-9-3-10-19-36)56-50(58-51)37-20-11-4-12-21-37)33-46(43)59-47-31-38(34-14-5-1-6-15-34)24-28-44(47)45-29-25-39(32-48(45)59)35-16-7-2-8-17-35/h1-14,16,18-33H,15,17H2. The first-order valence-electron chi connectivity index (χ1n) is 19.5. The van der Waals surface area contributed by atoms with E-state index in [0.717, 1.165) is 62.3 Å². The second-order valence-electron chi connectivity index (χ2n) is 14.7. The van der Waals surface area contributed by atoms with Gasteiger partial charge in [-0.15, -0.1) is 0 Å². The van der Waals surface area contributed by atoms with Crippen LogP contribution in [-0.4, -0.2) is 19.5 Å². The quantitative estimate of drug-likeness (QED) is 0.175. The highest BCUT2D eigenvalue weighted by molar-refractivity contribution is 6.10. The molecule has 0 spiro atoms. The van der Waals surface area contributed by atoms with Crippen molar-refractivity contribution in [3.63, 3.8) is 0 Å². The van der Waals surface area contributed by atoms with Crippen LogP contribution in [0, 0.1) is 0 Å². The molecule has 0 atom stereocenters. The zero-order valence-electron chi connectivity index (χ0n) is 31.7. The Kier molecular flexibility index (Phi) is 9.06. The maximum absolute atomic E-state index is 14.3. The number of allylic oxidation sites excluding steroid dienone is 8. The Morgan fingerprint density at radius 2 is 0.983 bits per heavy atom. The minimum atomic E-state index is -4.52. The Balaban J connectivity index is 1.30. The fourth-order valence-electron chi connectivity index (χ4n) is 8.03. The van der Waals surface area contributed by atoms with E-state index in [1.54, 1.807) is 6.07 Å². The molecule has 0 aliphatic heterocycles. The van der Waals surface area contributed by atoms with Crippen molar-refractivity contribution >= 4 is 33.0 Å². The van der Waals surface area contributed by atoms with Crippen LogP contribution in [0.2, 0.25) is 0 Å². The molecule has 2 aromatic heterocycles. The second kappa shape index (κ2) is 14.8. The summed E-state index contributed by atoms with van der Waals surface area (Å²) in [4.78, 5) is 15.0. The van der Waals surface area contributed by atoms with E-state index in [1.807, 2.05) is 103 Å². The van der Waals surface area contributed by atoms with Crippen LogP contribution in [0.5, 0.6) is 0 Å². The Hall–Kier alpha value is -7.38. The molecule has 10 rings (SSSR count). The van der Waals surface area contributed by atoms with Gasteiger partial charge in [0.2, 0.25) is 0 Å². The number of nitrogens with zero attached hydrogens (tertiary/aromatic N) is 4. The maximum Gasteiger partial charge on any atom is 0.416 e. The summed E-state index contributed by atoms with van der Waals surface area (Å²) in [7, 11) is 0. The van der Waals surface area contributed by atoms with E-state index in [9.17, 15) is 13.2 Å². The first kappa shape index (κ1) is 36.0. The van der Waals surface area contributed by atoms with Crippen LogP contribution in [0.1, 0.15) is 18.4 Å². The molecule has 6 aromatic carbocycles. The van der Waals surface area contributed by atoms with Gasteiger partial charge in [-0.25, -0.2) is 15.0 Å². The van der Waals surface area contributed by atoms with E-state index in [0.29, 0.717) is 39.9 Å². The topological polar surface area (TPSA) is 43.6 Å². The van der Waals surface area contributed by atoms with E-state index in [2.05, 4.69) is 65.3 Å². The third-order valence-electron chi connectivity index (χ3n) is 11.0. The van der Waals surface area contributed by atoms with Crippen molar-refractivity contribution in [1.82, 2.24) is 19.5 Å². The SMILES string of the molecule is FC(F)(F)c1cccc(-c2ccc(-c3nc(-c4ccccc4)nc(-c4ccccc4)n3)cc2-n2c3cc(=C4C=CC=CC4)ccc3c3ccc(=C4C=CC=CC4)cc32)c1. The van der Waals surface area contributed by atoms with Crippen LogP contribution in [0.25, 0.3) is 83.9 Å². The summed E-state index contributed by atoms with van der Waals surface area (Å²) in [6, 6.07) is 44.0. The minimum Gasteiger partial charge on any atom is -0.309 e. The fraction of sp³-hybridized carbons (Fsp3) is 0.0577. The molecule has 2 aliphatic rings. The summed E-state index contributed by atoms with van der Waals surface area (Å²) >= 11 is 0. The Morgan fingerprint density at radius 1 is 0.458 bits per heavy atom. The molecule has 0 amide bonds. The number of benzene rings is 6. The summed E-state index contributed by atoms with van der Waals surface area (Å²) in [5.41, 5.74) is 7.67. The lowest BCUT2D eigenvalue weighted by molar-refractivity contribution is -0.137. The number of hydrogen-bond donors (Lipinski definition) is 0. The monoisotopic (exact) mass is 772 g/mol. The summed E-state index contributed by atoms with van der Waals surface area (Å²) in [6.45, 7) is 0. The fourth-order valence-corrected chi connectivity index (χ4v) is 8.03. The van der Waals surface area contributed by atoms with E-state index in [-0.39, 0.29) is 0 Å². The maximum atomic E-state index is 14.3. The third-order valence-corrected chi connectivity index (χ3v) is 11.0. The Bertz CT molecular complexity index is 3030. The second-order valence-corrected chi connectivity index (χ2v) is 14.7. The molecule has 8 aromatic rings. The lowest BCUT2D eigenvalue weighted by atomic mass is 9.98. The average molecular weight is 773 g/mol. The predicted octanol–water partition coefficient (Wildman–Crippen LogP) is 12.0. The first-order valence-corrected chi connectivity index (χ1v) is 19.5. The van der Waals surface area contributed by atoms with E-state index in [4.69, 9.17) is 15.0 Å². The van der Waals surface area contributed by atoms with Crippen molar-refractivity contribution in [3.8, 4) is 51.0 Å². The molecule has 284 valence electrons. The van der Waals surface area contributed by atoms with Crippen molar-refractivity contribution in [1.29, 1.82) is 0 Å². The zero-order valence-corrected chi connectivity index (χ0v) is 31.7. The Labute approximate surface area is 338 Å². The van der Waals surface area contributed by atoms with Crippen molar-refractivity contribution in [3.05, 3.63) is 204 Å². The molecule has 0 saturated carbocycles. The van der Waals surface area contributed by atoms with Gasteiger partial charge in [-0.2, -0.15) is 13.2 Å². The smallest absolute Gasteiger partial charge is 0.309 e. The zero-order chi connectivity index (χ0) is 39.9. The first-order chi connectivity index (χ1) is 28.9. The highest BCUT2D eigenvalue weighted by Crippen LogP contribution is 2.40. The number of hydrogen-bond acceptors (Lipinski definition) is 3. The minimum absolute atomic E-state index is 0.443. The largest absolute Gasteiger partial charge is 0.416 e. The van der Waals surface area contributed by atoms with Crippen LogP contribution < -0.4 is 10.4 Å². The van der Waals surface area contributed by atoms with Gasteiger partial charge in [0.15, 0.2) is 17.5 Å². The molecule has 0 N–H and O–H groups in total. The Morgan fingerprint density at radius 3 is 1.49 bits per heavy atom. The van der Waals surface area contributed by atoms with Crippen LogP contribution >= 0.6 is 0 Å². The van der Waals surface area contributed by atoms with E-state index >= 15 is 0 Å². The molecule has 0 fully saturated rings. The van der Waals surface area contributed by atoms with E-state index in [1.165, 1.54) is 23.3 Å². The van der Waals surface area contributed by atoms with Crippen LogP contribution in [0.3, 0.4) is 0 Å². The lowest BCUT2D eigenvalue weighted by Gasteiger charge is -2.17. The molecule has 0 saturated heterocycles. The molecule has 0 bridgehead atoms. The summed E-state index contributed by atoms with van der Waals surface area (Å²) in [5, 5.41) is 4.22. The molecule has 0 radical (unpaired) electrons. The van der Waals surface area contributed by atoms with Crippen molar-refractivity contribution in [2.75, 3.05) is 0 Å². The number of halogens is 3. The van der Waals surface area contributed by atoms with Crippen LogP contribution in [0.4, 0.5) is 13.2 Å². The van der Waals surface area contributed by atoms with Gasteiger partial charge in [0.05, 0.1) is 22.3 Å². The molecular formula is C52H35F3N4. The molecule has 59 heavy (non-hydrogen) atoms. The molecular weight excluding hydrogens is 738 g/mol. The molecule has 7 heteroatoms. The van der Waals surface area contributed by atoms with Gasteiger partial charge >= 0.3 is 6.18 Å². The summed E-state index contributed by atoms with van der Waals surface area (Å²) in [6.07, 6.45) is 13.8. The number of alkyl halides is 3. The molecule has 0 unspecified atom stereocenters. The van der Waals surface area contributed by atoms with Gasteiger partial charge in [-0.05, 0) is 70.3 Å². The van der Waals surface area contributed by atoms with Gasteiger partial charge in [0.1, 0.15) is 0 Å². The van der Waals surface area contributed by atoms with Crippen molar-refractivity contribution in [2.45, 2.75) is 19.0 Å². The average Bonchev–Trinajstić information content (AvgIpc) is 3.62. The predicted molar refractivity (Wildman–Crippen MR) is 233 cm³/mol. The summed E-state index contributed by atoms with van der Waals surface area (Å²) in [5.74, 6) is 1.48. The van der Waals surface area contributed by atoms with Crippen LogP contribution in [0.15, 0.2) is 188 Å². The number of fused-ring (bicyclic) bond motifs is 3.